The topological polar surface area (TPSA) is 38.7 Å². The monoisotopic (exact) mass is 526 g/mol. The summed E-state index contributed by atoms with van der Waals surface area (Å²) in [4.78, 5) is 0. The van der Waals surface area contributed by atoms with Crippen molar-refractivity contribution >= 4 is 24.5 Å². The fourth-order valence-electron chi connectivity index (χ4n) is 4.34. The van der Waals surface area contributed by atoms with Gasteiger partial charge in [-0.2, -0.15) is 0 Å². The van der Waals surface area contributed by atoms with Crippen LogP contribution in [0.4, 0.5) is 0 Å². The summed E-state index contributed by atoms with van der Waals surface area (Å²) in [6.45, 7) is 12.3. The summed E-state index contributed by atoms with van der Waals surface area (Å²) in [6, 6.07) is 8.41. The molecule has 1 rings (SSSR count). The molecule has 0 bridgehead atoms. The number of benzene rings is 1. The molecule has 0 unspecified atom stereocenters. The molecule has 1 aromatic carbocycles. The van der Waals surface area contributed by atoms with Gasteiger partial charge < -0.3 is 0 Å². The molecule has 0 fully saturated rings. The van der Waals surface area contributed by atoms with Crippen LogP contribution in [0.15, 0.2) is 27.9 Å². The van der Waals surface area contributed by atoms with Crippen LogP contribution in [0.5, 0.6) is 0 Å². The van der Waals surface area contributed by atoms with Gasteiger partial charge in [0.25, 0.3) is 0 Å². The van der Waals surface area contributed by atoms with Gasteiger partial charge in [-0.1, -0.05) is 0 Å². The molecular formula is C26H46O3Sn. The van der Waals surface area contributed by atoms with Crippen LogP contribution < -0.4 is 0 Å². The van der Waals surface area contributed by atoms with Crippen molar-refractivity contribution in [1.82, 2.24) is 0 Å². The van der Waals surface area contributed by atoms with Crippen molar-refractivity contribution in [1.29, 1.82) is 0 Å². The Balaban J connectivity index is 3.45. The normalized spacial score (nSPS) is 12.7. The van der Waals surface area contributed by atoms with Crippen molar-refractivity contribution in [3.63, 3.8) is 0 Å². The van der Waals surface area contributed by atoms with Gasteiger partial charge in [0.1, 0.15) is 0 Å². The van der Waals surface area contributed by atoms with Gasteiger partial charge in [0.15, 0.2) is 0 Å². The van der Waals surface area contributed by atoms with E-state index in [9.17, 15) is 5.11 Å². The number of ether oxygens (including phenoxy) is 2. The molecule has 0 atom stereocenters. The van der Waals surface area contributed by atoms with Crippen molar-refractivity contribution < 1.29 is 14.6 Å². The fraction of sp³-hybridized carbons (Fsp3) is 0.692. The average molecular weight is 525 g/mol. The summed E-state index contributed by atoms with van der Waals surface area (Å²) in [5, 5.41) is 10.6. The van der Waals surface area contributed by atoms with E-state index in [0.29, 0.717) is 13.2 Å². The molecule has 0 aliphatic carbocycles. The Morgan fingerprint density at radius 2 is 1.37 bits per heavy atom. The maximum atomic E-state index is 10.6. The van der Waals surface area contributed by atoms with Crippen LogP contribution >= 0.6 is 0 Å². The Bertz CT molecular complexity index is 572. The first-order valence-electron chi connectivity index (χ1n) is 12.3. The molecule has 4 heteroatoms. The molecule has 0 saturated heterocycles. The number of hydrogen-bond acceptors (Lipinski definition) is 3. The number of aliphatic hydroxyl groups excluding tert-OH is 1. The molecule has 0 spiro atoms. The van der Waals surface area contributed by atoms with Gasteiger partial charge in [-0.15, -0.1) is 0 Å². The molecule has 30 heavy (non-hydrogen) atoms. The maximum absolute atomic E-state index is 10.6. The zero-order chi connectivity index (χ0) is 22.2. The Labute approximate surface area is 190 Å². The van der Waals surface area contributed by atoms with Gasteiger partial charge in [0.05, 0.1) is 0 Å². The van der Waals surface area contributed by atoms with Gasteiger partial charge >= 0.3 is 191 Å². The van der Waals surface area contributed by atoms with Crippen LogP contribution in [0.3, 0.4) is 0 Å². The number of aliphatic hydroxyl groups is 1. The van der Waals surface area contributed by atoms with E-state index in [1.807, 2.05) is 13.8 Å². The second-order valence-electron chi connectivity index (χ2n) is 8.29. The van der Waals surface area contributed by atoms with E-state index in [2.05, 4.69) is 51.1 Å². The SMILES string of the molecule is CCC[CH2][Sn]([CH2]CCC)([CH2]CCC)/[C](=C/c1ccccc1C(OCC)OCC)CO. The number of unbranched alkanes of at least 4 members (excludes halogenated alkanes) is 3. The molecule has 0 amide bonds. The average Bonchev–Trinajstić information content (AvgIpc) is 2.77. The van der Waals surface area contributed by atoms with Crippen molar-refractivity contribution in [2.75, 3.05) is 19.8 Å². The van der Waals surface area contributed by atoms with Crippen molar-refractivity contribution in [2.24, 2.45) is 0 Å². The molecular weight excluding hydrogens is 479 g/mol. The quantitative estimate of drug-likeness (QED) is 0.169. The predicted octanol–water partition coefficient (Wildman–Crippen LogP) is 7.52. The minimum absolute atomic E-state index is 0.204. The van der Waals surface area contributed by atoms with E-state index < -0.39 is 18.4 Å². The molecule has 1 aromatic rings. The Hall–Kier alpha value is -0.361. The van der Waals surface area contributed by atoms with E-state index in [1.165, 1.54) is 55.4 Å². The van der Waals surface area contributed by atoms with Gasteiger partial charge in [-0.05, 0) is 0 Å². The summed E-state index contributed by atoms with van der Waals surface area (Å²) in [6.07, 6.45) is 9.58. The van der Waals surface area contributed by atoms with Gasteiger partial charge in [0, 0.05) is 0 Å². The molecule has 0 heterocycles. The zero-order valence-corrected chi connectivity index (χ0v) is 23.1. The standard InChI is InChI=1S/C14H19O3.3C4H9.Sn/c1-3-16-14(17-4-2)13-10-6-5-8-12(13)9-7-11-15;3*1-3-4-2;/h5-6,8-10,14-15H,3-4,11H2,1-2H3;3*1,3-4H2,2H3;. The van der Waals surface area contributed by atoms with E-state index in [1.54, 1.807) is 0 Å². The molecule has 1 N–H and O–H groups in total. The van der Waals surface area contributed by atoms with E-state index in [0.717, 1.165) is 11.1 Å². The Morgan fingerprint density at radius 3 is 1.80 bits per heavy atom. The molecule has 0 radical (unpaired) electrons. The predicted molar refractivity (Wildman–Crippen MR) is 132 cm³/mol. The Morgan fingerprint density at radius 1 is 0.867 bits per heavy atom. The third-order valence-electron chi connectivity index (χ3n) is 6.09. The molecule has 0 aromatic heterocycles. The molecule has 3 nitrogen and oxygen atoms in total. The van der Waals surface area contributed by atoms with Crippen molar-refractivity contribution in [3.05, 3.63) is 39.0 Å². The first kappa shape index (κ1) is 27.7. The van der Waals surface area contributed by atoms with Crippen LogP contribution in [0.1, 0.15) is 90.6 Å². The minimum atomic E-state index is -2.67. The second kappa shape index (κ2) is 16.3. The van der Waals surface area contributed by atoms with E-state index >= 15 is 0 Å². The third-order valence-corrected chi connectivity index (χ3v) is 22.1. The van der Waals surface area contributed by atoms with Crippen LogP contribution in [-0.2, 0) is 9.47 Å². The molecule has 0 aliphatic rings. The Kier molecular flexibility index (Phi) is 15.0. The van der Waals surface area contributed by atoms with Gasteiger partial charge in [0.2, 0.25) is 0 Å². The second-order valence-corrected chi connectivity index (χ2v) is 21.7. The summed E-state index contributed by atoms with van der Waals surface area (Å²) in [5.41, 5.74) is 2.23. The van der Waals surface area contributed by atoms with Crippen molar-refractivity contribution in [2.45, 2.75) is 92.7 Å². The first-order valence-corrected chi connectivity index (χ1v) is 19.7. The summed E-state index contributed by atoms with van der Waals surface area (Å²) >= 11 is -2.67. The first-order chi connectivity index (χ1) is 14.6. The molecule has 0 aliphatic heterocycles. The van der Waals surface area contributed by atoms with Crippen LogP contribution in [0, 0.1) is 0 Å². The third kappa shape index (κ3) is 8.64. The zero-order valence-electron chi connectivity index (χ0n) is 20.2. The van der Waals surface area contributed by atoms with Crippen LogP contribution in [-0.4, -0.2) is 43.3 Å². The number of rotatable bonds is 17. The van der Waals surface area contributed by atoms with Crippen molar-refractivity contribution in [3.8, 4) is 0 Å². The van der Waals surface area contributed by atoms with Gasteiger partial charge in [-0.25, -0.2) is 0 Å². The summed E-state index contributed by atoms with van der Waals surface area (Å²) in [7, 11) is 0. The molecule has 0 saturated carbocycles. The summed E-state index contributed by atoms with van der Waals surface area (Å²) < 4.78 is 17.3. The van der Waals surface area contributed by atoms with E-state index in [4.69, 9.17) is 9.47 Å². The van der Waals surface area contributed by atoms with E-state index in [-0.39, 0.29) is 12.9 Å². The molecule has 172 valence electrons. The number of hydrogen-bond donors (Lipinski definition) is 1. The van der Waals surface area contributed by atoms with Crippen LogP contribution in [0.2, 0.25) is 13.3 Å². The fourth-order valence-corrected chi connectivity index (χ4v) is 20.3. The summed E-state index contributed by atoms with van der Waals surface area (Å²) in [5.74, 6) is 0. The van der Waals surface area contributed by atoms with Crippen LogP contribution in [0.25, 0.3) is 6.08 Å². The van der Waals surface area contributed by atoms with Gasteiger partial charge in [-0.3, -0.25) is 0 Å².